The quantitative estimate of drug-likeness (QED) is 0.363. The smallest absolute Gasteiger partial charge is 0.323 e. The Bertz CT molecular complexity index is 1290. The van der Waals surface area contributed by atoms with Crippen molar-refractivity contribution < 1.29 is 13.9 Å². The van der Waals surface area contributed by atoms with E-state index in [9.17, 15) is 9.18 Å². The van der Waals surface area contributed by atoms with E-state index in [-0.39, 0.29) is 17.4 Å². The van der Waals surface area contributed by atoms with Gasteiger partial charge in [-0.05, 0) is 54.2 Å². The normalized spacial score (nSPS) is 10.8. The minimum absolute atomic E-state index is 0.0189. The highest BCUT2D eigenvalue weighted by Crippen LogP contribution is 2.28. The third-order valence-electron chi connectivity index (χ3n) is 4.60. The zero-order chi connectivity index (χ0) is 23.4. The van der Waals surface area contributed by atoms with Crippen LogP contribution in [-0.4, -0.2) is 25.4 Å². The molecule has 0 atom stereocenters. The van der Waals surface area contributed by atoms with Crippen molar-refractivity contribution >= 4 is 28.9 Å². The van der Waals surface area contributed by atoms with Gasteiger partial charge in [-0.1, -0.05) is 13.8 Å². The maximum Gasteiger partial charge on any atom is 0.323 e. The second-order valence-electron chi connectivity index (χ2n) is 7.50. The minimum Gasteiger partial charge on any atom is -0.457 e. The molecule has 33 heavy (non-hydrogen) atoms. The number of rotatable bonds is 6. The van der Waals surface area contributed by atoms with Crippen molar-refractivity contribution in [2.45, 2.75) is 26.7 Å². The summed E-state index contributed by atoms with van der Waals surface area (Å²) in [6.45, 7) is 5.92. The first-order chi connectivity index (χ1) is 15.9. The highest BCUT2D eigenvalue weighted by atomic mass is 32.1. The van der Waals surface area contributed by atoms with Crippen molar-refractivity contribution in [3.8, 4) is 23.0 Å². The molecule has 168 valence electrons. The number of anilines is 2. The number of pyridine rings is 2. The lowest BCUT2D eigenvalue weighted by Crippen LogP contribution is -2.20. The first-order valence-corrected chi connectivity index (χ1v) is 10.9. The lowest BCUT2D eigenvalue weighted by molar-refractivity contribution is 0.262. The number of urea groups is 1. The number of nitrogens with one attached hydrogen (secondary N) is 2. The molecule has 0 saturated carbocycles. The average molecular weight is 465 g/mol. The average Bonchev–Trinajstić information content (AvgIpc) is 3.22. The lowest BCUT2D eigenvalue weighted by Gasteiger charge is -2.12. The number of aryl methyl sites for hydroxylation is 1. The predicted octanol–water partition coefficient (Wildman–Crippen LogP) is 6.00. The van der Waals surface area contributed by atoms with Gasteiger partial charge in [0.05, 0.1) is 17.6 Å². The largest absolute Gasteiger partial charge is 0.457 e. The molecule has 3 aromatic heterocycles. The second-order valence-corrected chi connectivity index (χ2v) is 8.45. The molecule has 0 aliphatic heterocycles. The summed E-state index contributed by atoms with van der Waals surface area (Å²) in [4.78, 5) is 25.0. The Labute approximate surface area is 194 Å². The van der Waals surface area contributed by atoms with E-state index >= 15 is 0 Å². The van der Waals surface area contributed by atoms with Gasteiger partial charge < -0.3 is 15.4 Å². The number of nitrogens with zero attached hydrogens (tertiary/aromatic N) is 4. The van der Waals surface area contributed by atoms with Gasteiger partial charge in [-0.15, -0.1) is 0 Å². The van der Waals surface area contributed by atoms with Crippen LogP contribution in [0, 0.1) is 12.7 Å². The summed E-state index contributed by atoms with van der Waals surface area (Å²) >= 11 is 1.28. The molecule has 4 aromatic rings. The molecule has 0 aliphatic carbocycles. The van der Waals surface area contributed by atoms with Gasteiger partial charge in [-0.3, -0.25) is 9.97 Å². The molecule has 0 bridgehead atoms. The third kappa shape index (κ3) is 5.66. The van der Waals surface area contributed by atoms with Crippen LogP contribution in [0.3, 0.4) is 0 Å². The Kier molecular flexibility index (Phi) is 6.55. The first-order valence-electron chi connectivity index (χ1n) is 10.1. The number of hydrogen-bond donors (Lipinski definition) is 2. The van der Waals surface area contributed by atoms with Gasteiger partial charge in [0.15, 0.2) is 5.82 Å². The number of aromatic nitrogens is 4. The molecule has 8 nitrogen and oxygen atoms in total. The van der Waals surface area contributed by atoms with Crippen LogP contribution < -0.4 is 15.4 Å². The van der Waals surface area contributed by atoms with Crippen LogP contribution in [0.5, 0.6) is 11.5 Å². The highest BCUT2D eigenvalue weighted by Gasteiger charge is 2.12. The van der Waals surface area contributed by atoms with Crippen molar-refractivity contribution in [3.05, 3.63) is 71.4 Å². The van der Waals surface area contributed by atoms with Crippen LogP contribution in [0.15, 0.2) is 55.0 Å². The maximum absolute atomic E-state index is 14.6. The molecule has 2 N–H and O–H groups in total. The van der Waals surface area contributed by atoms with Gasteiger partial charge in [0, 0.05) is 24.5 Å². The molecule has 0 radical (unpaired) electrons. The number of carbonyl (C=O) groups excluding carboxylic acids is 1. The molecule has 10 heteroatoms. The van der Waals surface area contributed by atoms with E-state index in [4.69, 9.17) is 4.74 Å². The zero-order valence-corrected chi connectivity index (χ0v) is 19.0. The van der Waals surface area contributed by atoms with Gasteiger partial charge in [0.2, 0.25) is 0 Å². The van der Waals surface area contributed by atoms with Gasteiger partial charge >= 0.3 is 6.03 Å². The van der Waals surface area contributed by atoms with E-state index in [0.717, 1.165) is 10.6 Å². The molecule has 0 fully saturated rings. The second kappa shape index (κ2) is 9.70. The van der Waals surface area contributed by atoms with E-state index in [1.165, 1.54) is 29.9 Å². The minimum atomic E-state index is -0.636. The van der Waals surface area contributed by atoms with E-state index in [0.29, 0.717) is 23.0 Å². The van der Waals surface area contributed by atoms with E-state index in [1.807, 2.05) is 26.8 Å². The summed E-state index contributed by atoms with van der Waals surface area (Å²) in [5.41, 5.74) is 2.09. The van der Waals surface area contributed by atoms with Gasteiger partial charge in [0.1, 0.15) is 28.0 Å². The Hall–Kier alpha value is -3.92. The van der Waals surface area contributed by atoms with E-state index in [2.05, 4.69) is 30.0 Å². The van der Waals surface area contributed by atoms with Crippen LogP contribution in [0.1, 0.15) is 30.3 Å². The van der Waals surface area contributed by atoms with Crippen LogP contribution in [0.2, 0.25) is 0 Å². The number of benzene rings is 1. The van der Waals surface area contributed by atoms with Crippen molar-refractivity contribution in [1.82, 2.24) is 19.3 Å². The van der Waals surface area contributed by atoms with Crippen molar-refractivity contribution in [2.24, 2.45) is 0 Å². The molecule has 1 aromatic carbocycles. The zero-order valence-electron chi connectivity index (χ0n) is 18.2. The Morgan fingerprint density at radius 2 is 1.91 bits per heavy atom. The Balaban J connectivity index is 1.42. The first kappa shape index (κ1) is 22.3. The Morgan fingerprint density at radius 1 is 1.09 bits per heavy atom. The standard InChI is InChI=1S/C23H21FN6O2S/c1-13(2)15-8-16(12-25-11-15)28-23(31)29-20-5-4-17(9-19(20)24)32-18-6-7-26-21(10-18)22-27-14(3)33-30-22/h4-13H,1-3H3,(H2,28,29,31). The fourth-order valence-corrected chi connectivity index (χ4v) is 3.40. The molecular formula is C23H21FN6O2S. The SMILES string of the molecule is Cc1nc(-c2cc(Oc3ccc(NC(=O)Nc4cncc(C(C)C)c4)c(F)c3)ccn2)ns1. The molecule has 0 unspecified atom stereocenters. The maximum atomic E-state index is 14.6. The summed E-state index contributed by atoms with van der Waals surface area (Å²) < 4.78 is 24.6. The van der Waals surface area contributed by atoms with Crippen LogP contribution in [-0.2, 0) is 0 Å². The van der Waals surface area contributed by atoms with Crippen molar-refractivity contribution in [3.63, 3.8) is 0 Å². The fourth-order valence-electron chi connectivity index (χ4n) is 2.92. The lowest BCUT2D eigenvalue weighted by atomic mass is 10.1. The van der Waals surface area contributed by atoms with Crippen LogP contribution in [0.4, 0.5) is 20.6 Å². The third-order valence-corrected chi connectivity index (χ3v) is 5.22. The van der Waals surface area contributed by atoms with Crippen LogP contribution in [0.25, 0.3) is 11.5 Å². The van der Waals surface area contributed by atoms with Crippen molar-refractivity contribution in [2.75, 3.05) is 10.6 Å². The molecule has 0 spiro atoms. The van der Waals surface area contributed by atoms with E-state index < -0.39 is 11.8 Å². The topological polar surface area (TPSA) is 102 Å². The summed E-state index contributed by atoms with van der Waals surface area (Å²) in [6, 6.07) is 8.77. The molecule has 3 heterocycles. The summed E-state index contributed by atoms with van der Waals surface area (Å²) in [5, 5.41) is 5.99. The number of amides is 2. The summed E-state index contributed by atoms with van der Waals surface area (Å²) in [5.74, 6) is 0.872. The van der Waals surface area contributed by atoms with Crippen LogP contribution >= 0.6 is 11.5 Å². The fraction of sp³-hybridized carbons (Fsp3) is 0.174. The summed E-state index contributed by atoms with van der Waals surface area (Å²) in [7, 11) is 0. The van der Waals surface area contributed by atoms with Gasteiger partial charge in [-0.25, -0.2) is 14.2 Å². The number of ether oxygens (including phenoxy) is 1. The van der Waals surface area contributed by atoms with E-state index in [1.54, 1.807) is 30.6 Å². The predicted molar refractivity (Wildman–Crippen MR) is 125 cm³/mol. The number of carbonyl (C=O) groups is 1. The summed E-state index contributed by atoms with van der Waals surface area (Å²) in [6.07, 6.45) is 4.84. The Morgan fingerprint density at radius 3 is 2.64 bits per heavy atom. The molecular weight excluding hydrogens is 443 g/mol. The number of hydrogen-bond acceptors (Lipinski definition) is 7. The molecule has 0 saturated heterocycles. The molecule has 0 aliphatic rings. The van der Waals surface area contributed by atoms with Gasteiger partial charge in [0.25, 0.3) is 0 Å². The number of halogens is 1. The molecule has 2 amide bonds. The molecule has 4 rings (SSSR count). The monoisotopic (exact) mass is 464 g/mol. The highest BCUT2D eigenvalue weighted by molar-refractivity contribution is 7.05. The van der Waals surface area contributed by atoms with Gasteiger partial charge in [-0.2, -0.15) is 4.37 Å². The van der Waals surface area contributed by atoms with Crippen molar-refractivity contribution in [1.29, 1.82) is 0 Å².